The summed E-state index contributed by atoms with van der Waals surface area (Å²) in [5, 5.41) is 7.35. The molecule has 19 heavy (non-hydrogen) atoms. The molecule has 2 rings (SSSR count). The average Bonchev–Trinajstić information content (AvgIpc) is 2.83. The molecule has 1 heterocycles. The molecule has 0 amide bonds. The molecule has 0 saturated carbocycles. The molecule has 100 valence electrons. The number of aromatic nitrogens is 3. The van der Waals surface area contributed by atoms with Crippen LogP contribution in [0.15, 0.2) is 24.4 Å². The van der Waals surface area contributed by atoms with Crippen LogP contribution in [0.1, 0.15) is 16.1 Å². The van der Waals surface area contributed by atoms with Gasteiger partial charge in [0.05, 0.1) is 12.7 Å². The Kier molecular flexibility index (Phi) is 3.96. The largest absolute Gasteiger partial charge is 0.329 e. The van der Waals surface area contributed by atoms with Gasteiger partial charge in [-0.2, -0.15) is 0 Å². The van der Waals surface area contributed by atoms with Crippen molar-refractivity contribution in [3.8, 4) is 0 Å². The fraction of sp³-hybridized carbons (Fsp3) is 0.250. The van der Waals surface area contributed by atoms with E-state index in [9.17, 15) is 13.6 Å². The van der Waals surface area contributed by atoms with Gasteiger partial charge >= 0.3 is 0 Å². The maximum atomic E-state index is 13.4. The third-order valence-electron chi connectivity index (χ3n) is 2.58. The van der Waals surface area contributed by atoms with E-state index < -0.39 is 17.4 Å². The van der Waals surface area contributed by atoms with Crippen molar-refractivity contribution in [2.24, 2.45) is 5.73 Å². The van der Waals surface area contributed by atoms with Gasteiger partial charge in [0.25, 0.3) is 0 Å². The topological polar surface area (TPSA) is 73.8 Å². The van der Waals surface area contributed by atoms with E-state index >= 15 is 0 Å². The van der Waals surface area contributed by atoms with E-state index in [1.54, 1.807) is 0 Å². The summed E-state index contributed by atoms with van der Waals surface area (Å²) in [4.78, 5) is 11.9. The first-order valence-electron chi connectivity index (χ1n) is 5.68. The standard InChI is InChI=1S/C12H12F2N4O/c13-9-2-1-3-10(14)8(9)6-12(19)11-7-18(5-4-15)17-16-11/h1-3,7H,4-6,15H2. The number of hydrogen-bond donors (Lipinski definition) is 1. The fourth-order valence-electron chi connectivity index (χ4n) is 1.62. The number of ketones is 1. The van der Waals surface area contributed by atoms with E-state index in [1.807, 2.05) is 0 Å². The maximum absolute atomic E-state index is 13.4. The molecule has 2 N–H and O–H groups in total. The van der Waals surface area contributed by atoms with Crippen molar-refractivity contribution < 1.29 is 13.6 Å². The lowest BCUT2D eigenvalue weighted by molar-refractivity contribution is 0.0985. The van der Waals surface area contributed by atoms with Gasteiger partial charge in [-0.3, -0.25) is 9.48 Å². The lowest BCUT2D eigenvalue weighted by Gasteiger charge is -2.02. The summed E-state index contributed by atoms with van der Waals surface area (Å²) in [6.07, 6.45) is 1.02. The summed E-state index contributed by atoms with van der Waals surface area (Å²) >= 11 is 0. The Hall–Kier alpha value is -2.15. The molecule has 0 aliphatic rings. The molecule has 1 aromatic heterocycles. The normalized spacial score (nSPS) is 10.7. The lowest BCUT2D eigenvalue weighted by Crippen LogP contribution is -2.10. The summed E-state index contributed by atoms with van der Waals surface area (Å²) in [6, 6.07) is 3.46. The van der Waals surface area contributed by atoms with Gasteiger partial charge in [-0.05, 0) is 12.1 Å². The first-order chi connectivity index (χ1) is 9.11. The van der Waals surface area contributed by atoms with E-state index in [2.05, 4.69) is 10.3 Å². The Morgan fingerprint density at radius 1 is 1.32 bits per heavy atom. The zero-order valence-corrected chi connectivity index (χ0v) is 10.0. The minimum atomic E-state index is -0.747. The van der Waals surface area contributed by atoms with E-state index in [4.69, 9.17) is 5.73 Å². The Labute approximate surface area is 108 Å². The lowest BCUT2D eigenvalue weighted by atomic mass is 10.1. The number of carbonyl (C=O) groups is 1. The van der Waals surface area contributed by atoms with Crippen molar-refractivity contribution in [3.63, 3.8) is 0 Å². The molecule has 0 spiro atoms. The Balaban J connectivity index is 2.16. The van der Waals surface area contributed by atoms with Crippen molar-refractivity contribution in [1.82, 2.24) is 15.0 Å². The molecule has 0 saturated heterocycles. The molecule has 0 bridgehead atoms. The van der Waals surface area contributed by atoms with E-state index in [0.717, 1.165) is 12.1 Å². The van der Waals surface area contributed by atoms with Crippen molar-refractivity contribution in [3.05, 3.63) is 47.3 Å². The molecule has 1 aromatic carbocycles. The van der Waals surface area contributed by atoms with Gasteiger partial charge in [0.2, 0.25) is 0 Å². The average molecular weight is 266 g/mol. The van der Waals surface area contributed by atoms with Crippen LogP contribution in [0.4, 0.5) is 8.78 Å². The highest BCUT2D eigenvalue weighted by molar-refractivity contribution is 5.95. The summed E-state index contributed by atoms with van der Waals surface area (Å²) in [5.41, 5.74) is 5.14. The second-order valence-electron chi connectivity index (χ2n) is 3.96. The number of hydrogen-bond acceptors (Lipinski definition) is 4. The van der Waals surface area contributed by atoms with Crippen LogP contribution in [0.2, 0.25) is 0 Å². The first-order valence-corrected chi connectivity index (χ1v) is 5.68. The van der Waals surface area contributed by atoms with E-state index in [0.29, 0.717) is 13.1 Å². The van der Waals surface area contributed by atoms with Crippen LogP contribution < -0.4 is 5.73 Å². The summed E-state index contributed by atoms with van der Waals surface area (Å²) in [7, 11) is 0. The van der Waals surface area contributed by atoms with Crippen LogP contribution in [-0.2, 0) is 13.0 Å². The number of halogens is 2. The van der Waals surface area contributed by atoms with Crippen LogP contribution in [-0.4, -0.2) is 27.3 Å². The molecule has 5 nitrogen and oxygen atoms in total. The summed E-state index contributed by atoms with van der Waals surface area (Å²) < 4.78 is 28.2. The van der Waals surface area contributed by atoms with Gasteiger partial charge in [0.1, 0.15) is 17.3 Å². The monoisotopic (exact) mass is 266 g/mol. The quantitative estimate of drug-likeness (QED) is 0.817. The molecule has 0 aliphatic carbocycles. The number of Topliss-reactive ketones (excluding diaryl/α,β-unsaturated/α-hetero) is 1. The van der Waals surface area contributed by atoms with Gasteiger partial charge in [-0.25, -0.2) is 8.78 Å². The molecule has 0 aliphatic heterocycles. The number of benzene rings is 1. The van der Waals surface area contributed by atoms with Crippen LogP contribution in [0, 0.1) is 11.6 Å². The minimum absolute atomic E-state index is 0.0658. The Morgan fingerprint density at radius 3 is 2.63 bits per heavy atom. The summed E-state index contributed by atoms with van der Waals surface area (Å²) in [5.74, 6) is -1.99. The number of rotatable bonds is 5. The molecule has 0 fully saturated rings. The van der Waals surface area contributed by atoms with Crippen molar-refractivity contribution >= 4 is 5.78 Å². The first kappa shape index (κ1) is 13.3. The third kappa shape index (κ3) is 3.00. The van der Waals surface area contributed by atoms with Crippen LogP contribution in [0.25, 0.3) is 0 Å². The zero-order chi connectivity index (χ0) is 13.8. The fourth-order valence-corrected chi connectivity index (χ4v) is 1.62. The predicted molar refractivity (Wildman–Crippen MR) is 63.5 cm³/mol. The molecular formula is C12H12F2N4O. The van der Waals surface area contributed by atoms with Crippen LogP contribution in [0.5, 0.6) is 0 Å². The van der Waals surface area contributed by atoms with Gasteiger partial charge in [-0.1, -0.05) is 11.3 Å². The number of nitrogens with zero attached hydrogens (tertiary/aromatic N) is 3. The van der Waals surface area contributed by atoms with Crippen molar-refractivity contribution in [1.29, 1.82) is 0 Å². The molecule has 0 atom stereocenters. The molecule has 2 aromatic rings. The van der Waals surface area contributed by atoms with Crippen LogP contribution in [0.3, 0.4) is 0 Å². The highest BCUT2D eigenvalue weighted by Gasteiger charge is 2.16. The second kappa shape index (κ2) is 5.66. The smallest absolute Gasteiger partial charge is 0.189 e. The van der Waals surface area contributed by atoms with Gasteiger partial charge < -0.3 is 5.73 Å². The van der Waals surface area contributed by atoms with E-state index in [-0.39, 0.29) is 17.7 Å². The van der Waals surface area contributed by atoms with Crippen molar-refractivity contribution in [2.45, 2.75) is 13.0 Å². The second-order valence-corrected chi connectivity index (χ2v) is 3.96. The van der Waals surface area contributed by atoms with Gasteiger partial charge in [0, 0.05) is 18.5 Å². The highest BCUT2D eigenvalue weighted by Crippen LogP contribution is 2.14. The molecule has 0 radical (unpaired) electrons. The minimum Gasteiger partial charge on any atom is -0.329 e. The summed E-state index contributed by atoms with van der Waals surface area (Å²) in [6.45, 7) is 0.785. The highest BCUT2D eigenvalue weighted by atomic mass is 19.1. The Morgan fingerprint density at radius 2 is 2.00 bits per heavy atom. The predicted octanol–water partition coefficient (Wildman–Crippen LogP) is 0.940. The van der Waals surface area contributed by atoms with Crippen LogP contribution >= 0.6 is 0 Å². The maximum Gasteiger partial charge on any atom is 0.189 e. The number of nitrogens with two attached hydrogens (primary N) is 1. The molecule has 0 unspecified atom stereocenters. The Bertz CT molecular complexity index is 577. The molecule has 7 heteroatoms. The van der Waals surface area contributed by atoms with E-state index in [1.165, 1.54) is 16.9 Å². The third-order valence-corrected chi connectivity index (χ3v) is 2.58. The zero-order valence-electron chi connectivity index (χ0n) is 10.0. The van der Waals surface area contributed by atoms with Crippen molar-refractivity contribution in [2.75, 3.05) is 6.54 Å². The van der Waals surface area contributed by atoms with Gasteiger partial charge in [-0.15, -0.1) is 5.10 Å². The SMILES string of the molecule is NCCn1cc(C(=O)Cc2c(F)cccc2F)nn1. The molecular weight excluding hydrogens is 254 g/mol. The number of carbonyl (C=O) groups excluding carboxylic acids is 1. The van der Waals surface area contributed by atoms with Gasteiger partial charge in [0.15, 0.2) is 5.78 Å².